The third-order valence-corrected chi connectivity index (χ3v) is 4.17. The van der Waals surface area contributed by atoms with E-state index in [0.29, 0.717) is 6.42 Å². The minimum atomic E-state index is 0.231. The number of halogens is 1. The van der Waals surface area contributed by atoms with Crippen LogP contribution in [-0.2, 0) is 6.42 Å². The van der Waals surface area contributed by atoms with E-state index in [0.717, 1.165) is 29.2 Å². The highest BCUT2D eigenvalue weighted by Gasteiger charge is 2.21. The van der Waals surface area contributed by atoms with Crippen LogP contribution in [0, 0.1) is 0 Å². The zero-order chi connectivity index (χ0) is 13.1. The molecule has 0 radical (unpaired) electrons. The lowest BCUT2D eigenvalue weighted by molar-refractivity contribution is 0.296. The van der Waals surface area contributed by atoms with E-state index < -0.39 is 0 Å². The van der Waals surface area contributed by atoms with Crippen LogP contribution in [0.25, 0.3) is 0 Å². The van der Waals surface area contributed by atoms with Crippen molar-refractivity contribution in [2.45, 2.75) is 31.7 Å². The molecular weight excluding hydrogens is 306 g/mol. The van der Waals surface area contributed by atoms with Crippen LogP contribution < -0.4 is 5.32 Å². The first-order valence-corrected chi connectivity index (χ1v) is 7.41. The molecule has 0 amide bonds. The highest BCUT2D eigenvalue weighted by molar-refractivity contribution is 9.10. The highest BCUT2D eigenvalue weighted by Crippen LogP contribution is 2.23. The summed E-state index contributed by atoms with van der Waals surface area (Å²) in [5.74, 6) is 1.47. The summed E-state index contributed by atoms with van der Waals surface area (Å²) in [4.78, 5) is 4.51. The number of nitrogens with one attached hydrogen (secondary N) is 1. The maximum atomic E-state index is 5.38. The van der Waals surface area contributed by atoms with Gasteiger partial charge in [0.05, 0.1) is 6.04 Å². The Hall–Kier alpha value is -1.20. The van der Waals surface area contributed by atoms with Gasteiger partial charge in [-0.25, -0.2) is 0 Å². The second-order valence-corrected chi connectivity index (χ2v) is 5.67. The van der Waals surface area contributed by atoms with Crippen LogP contribution >= 0.6 is 15.9 Å². The molecule has 0 aliphatic carbocycles. The first kappa shape index (κ1) is 12.8. The number of hydrogen-bond donors (Lipinski definition) is 1. The molecule has 19 heavy (non-hydrogen) atoms. The van der Waals surface area contributed by atoms with Gasteiger partial charge in [-0.2, -0.15) is 4.98 Å². The third kappa shape index (κ3) is 3.04. The van der Waals surface area contributed by atoms with E-state index in [-0.39, 0.29) is 6.04 Å². The Morgan fingerprint density at radius 2 is 2.21 bits per heavy atom. The van der Waals surface area contributed by atoms with Crippen LogP contribution in [0.2, 0.25) is 0 Å². The van der Waals surface area contributed by atoms with Gasteiger partial charge in [-0.3, -0.25) is 0 Å². The van der Waals surface area contributed by atoms with E-state index in [2.05, 4.69) is 37.5 Å². The molecule has 0 unspecified atom stereocenters. The average molecular weight is 322 g/mol. The van der Waals surface area contributed by atoms with Crippen LogP contribution in [0.4, 0.5) is 0 Å². The predicted molar refractivity (Wildman–Crippen MR) is 75.8 cm³/mol. The Morgan fingerprint density at radius 3 is 3.00 bits per heavy atom. The summed E-state index contributed by atoms with van der Waals surface area (Å²) in [6, 6.07) is 8.34. The summed E-state index contributed by atoms with van der Waals surface area (Å²) in [5, 5.41) is 7.50. The molecule has 1 fully saturated rings. The Bertz CT molecular complexity index is 549. The van der Waals surface area contributed by atoms with Crippen LogP contribution in [0.1, 0.15) is 42.6 Å². The smallest absolute Gasteiger partial charge is 0.243 e. The molecule has 4 nitrogen and oxygen atoms in total. The normalized spacial score (nSPS) is 19.5. The first-order valence-electron chi connectivity index (χ1n) is 6.62. The number of piperidine rings is 1. The predicted octanol–water partition coefficient (Wildman–Crippen LogP) is 3.24. The molecule has 2 heterocycles. The lowest BCUT2D eigenvalue weighted by Crippen LogP contribution is -2.27. The molecule has 1 N–H and O–H groups in total. The van der Waals surface area contributed by atoms with Crippen LogP contribution in [-0.4, -0.2) is 16.7 Å². The average Bonchev–Trinajstić information content (AvgIpc) is 2.91. The lowest BCUT2D eigenvalue weighted by Gasteiger charge is -2.19. The van der Waals surface area contributed by atoms with Crippen LogP contribution in [0.3, 0.4) is 0 Å². The molecule has 1 aliphatic rings. The van der Waals surface area contributed by atoms with Crippen LogP contribution in [0.15, 0.2) is 33.3 Å². The van der Waals surface area contributed by atoms with Crippen molar-refractivity contribution < 1.29 is 4.52 Å². The molecule has 0 bridgehead atoms. The van der Waals surface area contributed by atoms with Gasteiger partial charge in [0.1, 0.15) is 0 Å². The Balaban J connectivity index is 1.73. The van der Waals surface area contributed by atoms with Crippen molar-refractivity contribution in [3.8, 4) is 0 Å². The quantitative estimate of drug-likeness (QED) is 0.942. The molecule has 1 atom stereocenters. The van der Waals surface area contributed by atoms with E-state index in [1.165, 1.54) is 18.4 Å². The lowest BCUT2D eigenvalue weighted by atomic mass is 10.1. The molecule has 5 heteroatoms. The summed E-state index contributed by atoms with van der Waals surface area (Å²) in [7, 11) is 0. The molecule has 100 valence electrons. The Labute approximate surface area is 120 Å². The Kier molecular flexibility index (Phi) is 3.94. The molecule has 0 spiro atoms. The van der Waals surface area contributed by atoms with Gasteiger partial charge in [-0.05, 0) is 31.0 Å². The third-order valence-electron chi connectivity index (χ3n) is 3.40. The van der Waals surface area contributed by atoms with Crippen molar-refractivity contribution in [1.29, 1.82) is 0 Å². The van der Waals surface area contributed by atoms with Crippen molar-refractivity contribution in [3.05, 3.63) is 46.0 Å². The topological polar surface area (TPSA) is 51.0 Å². The SMILES string of the molecule is Brc1ccccc1Cc1noc([C@H]2CCCCN2)n1. The largest absolute Gasteiger partial charge is 0.338 e. The number of nitrogens with zero attached hydrogens (tertiary/aromatic N) is 2. The molecule has 1 aromatic heterocycles. The van der Waals surface area contributed by atoms with Crippen molar-refractivity contribution in [2.75, 3.05) is 6.54 Å². The molecule has 2 aromatic rings. The molecule has 1 aromatic carbocycles. The fraction of sp³-hybridized carbons (Fsp3) is 0.429. The van der Waals surface area contributed by atoms with Gasteiger partial charge in [-0.1, -0.05) is 45.7 Å². The number of hydrogen-bond acceptors (Lipinski definition) is 4. The van der Waals surface area contributed by atoms with Gasteiger partial charge >= 0.3 is 0 Å². The molecule has 1 saturated heterocycles. The zero-order valence-electron chi connectivity index (χ0n) is 10.6. The molecule has 0 saturated carbocycles. The van der Waals surface area contributed by atoms with Crippen molar-refractivity contribution in [3.63, 3.8) is 0 Å². The van der Waals surface area contributed by atoms with Gasteiger partial charge < -0.3 is 9.84 Å². The second kappa shape index (κ2) is 5.84. The standard InChI is InChI=1S/C14H16BrN3O/c15-11-6-2-1-5-10(11)9-13-17-14(19-18-13)12-7-3-4-8-16-12/h1-2,5-6,12,16H,3-4,7-9H2/t12-/m1/s1. The van der Waals surface area contributed by atoms with Crippen molar-refractivity contribution >= 4 is 15.9 Å². The summed E-state index contributed by atoms with van der Waals surface area (Å²) in [6.45, 7) is 1.03. The van der Waals surface area contributed by atoms with Gasteiger partial charge in [0.2, 0.25) is 5.89 Å². The fourth-order valence-corrected chi connectivity index (χ4v) is 2.78. The van der Waals surface area contributed by atoms with E-state index in [9.17, 15) is 0 Å². The highest BCUT2D eigenvalue weighted by atomic mass is 79.9. The monoisotopic (exact) mass is 321 g/mol. The maximum Gasteiger partial charge on any atom is 0.243 e. The summed E-state index contributed by atoms with van der Waals surface area (Å²) in [5.41, 5.74) is 1.17. The van der Waals surface area contributed by atoms with Crippen molar-refractivity contribution in [1.82, 2.24) is 15.5 Å². The Morgan fingerprint density at radius 1 is 1.32 bits per heavy atom. The number of benzene rings is 1. The molecular formula is C14H16BrN3O. The molecule has 1 aliphatic heterocycles. The van der Waals surface area contributed by atoms with Gasteiger partial charge in [0, 0.05) is 10.9 Å². The van der Waals surface area contributed by atoms with Crippen molar-refractivity contribution in [2.24, 2.45) is 0 Å². The second-order valence-electron chi connectivity index (χ2n) is 4.82. The van der Waals surface area contributed by atoms with E-state index >= 15 is 0 Å². The number of rotatable bonds is 3. The minimum absolute atomic E-state index is 0.231. The number of aromatic nitrogens is 2. The maximum absolute atomic E-state index is 5.38. The summed E-state index contributed by atoms with van der Waals surface area (Å²) >= 11 is 3.54. The summed E-state index contributed by atoms with van der Waals surface area (Å²) < 4.78 is 6.46. The van der Waals surface area contributed by atoms with E-state index in [1.807, 2.05) is 18.2 Å². The zero-order valence-corrected chi connectivity index (χ0v) is 12.2. The van der Waals surface area contributed by atoms with Gasteiger partial charge in [0.25, 0.3) is 0 Å². The van der Waals surface area contributed by atoms with Gasteiger partial charge in [-0.15, -0.1) is 0 Å². The van der Waals surface area contributed by atoms with Gasteiger partial charge in [0.15, 0.2) is 5.82 Å². The van der Waals surface area contributed by atoms with E-state index in [1.54, 1.807) is 0 Å². The van der Waals surface area contributed by atoms with Crippen LogP contribution in [0.5, 0.6) is 0 Å². The van der Waals surface area contributed by atoms with E-state index in [4.69, 9.17) is 4.52 Å². The summed E-state index contributed by atoms with van der Waals surface area (Å²) in [6.07, 6.45) is 4.22. The fourth-order valence-electron chi connectivity index (χ4n) is 2.36. The first-order chi connectivity index (χ1) is 9.33. The minimum Gasteiger partial charge on any atom is -0.338 e. The molecule has 3 rings (SSSR count).